The monoisotopic (exact) mass is 222 g/mol. The molecule has 0 aliphatic heterocycles. The average molecular weight is 222 g/mol. The van der Waals surface area contributed by atoms with Gasteiger partial charge in [0.1, 0.15) is 30.3 Å². The zero-order valence-electron chi connectivity index (χ0n) is 8.97. The Morgan fingerprint density at radius 1 is 1.50 bits per heavy atom. The maximum absolute atomic E-state index is 8.84. The molecule has 0 aliphatic rings. The molecule has 2 heterocycles. The summed E-state index contributed by atoms with van der Waals surface area (Å²) in [5, 5.41) is 18.6. The van der Waals surface area contributed by atoms with Crippen LogP contribution in [0.25, 0.3) is 0 Å². The molecule has 2 aromatic heterocycles. The van der Waals surface area contributed by atoms with Crippen LogP contribution in [-0.2, 0) is 13.2 Å². The average Bonchev–Trinajstić information content (AvgIpc) is 2.96. The van der Waals surface area contributed by atoms with E-state index in [1.807, 2.05) is 13.0 Å². The van der Waals surface area contributed by atoms with Crippen LogP contribution in [0.3, 0.4) is 0 Å². The van der Waals surface area contributed by atoms with E-state index in [0.717, 1.165) is 11.6 Å². The van der Waals surface area contributed by atoms with Crippen molar-refractivity contribution in [3.05, 3.63) is 35.8 Å². The molecule has 86 valence electrons. The fourth-order valence-corrected chi connectivity index (χ4v) is 1.38. The van der Waals surface area contributed by atoms with Crippen LogP contribution in [-0.4, -0.2) is 20.3 Å². The fraction of sp³-hybridized carbons (Fsp3) is 0.400. The molecule has 1 unspecified atom stereocenters. The van der Waals surface area contributed by atoms with Crippen molar-refractivity contribution in [2.24, 2.45) is 0 Å². The molecular weight excluding hydrogens is 208 g/mol. The Morgan fingerprint density at radius 2 is 2.31 bits per heavy atom. The number of nitrogens with zero attached hydrogens (tertiary/aromatic N) is 2. The lowest BCUT2D eigenvalue weighted by molar-refractivity contribution is 0.242. The zero-order chi connectivity index (χ0) is 11.4. The van der Waals surface area contributed by atoms with Crippen LogP contribution in [0.5, 0.6) is 0 Å². The summed E-state index contributed by atoms with van der Waals surface area (Å²) in [7, 11) is 0. The maximum Gasteiger partial charge on any atom is 0.141 e. The highest BCUT2D eigenvalue weighted by Crippen LogP contribution is 2.10. The van der Waals surface area contributed by atoms with Crippen LogP contribution in [0.1, 0.15) is 30.3 Å². The highest BCUT2D eigenvalue weighted by Gasteiger charge is 2.08. The van der Waals surface area contributed by atoms with E-state index in [2.05, 4.69) is 20.5 Å². The van der Waals surface area contributed by atoms with Crippen molar-refractivity contribution >= 4 is 0 Å². The summed E-state index contributed by atoms with van der Waals surface area (Å²) in [6, 6.07) is 3.67. The normalized spacial score (nSPS) is 12.9. The van der Waals surface area contributed by atoms with Gasteiger partial charge in [-0.15, -0.1) is 0 Å². The number of rotatable bonds is 5. The van der Waals surface area contributed by atoms with Crippen LogP contribution in [0.2, 0.25) is 0 Å². The largest absolute Gasteiger partial charge is 0.462 e. The van der Waals surface area contributed by atoms with E-state index in [4.69, 9.17) is 9.52 Å². The lowest BCUT2D eigenvalue weighted by Crippen LogP contribution is -2.18. The Morgan fingerprint density at radius 3 is 2.94 bits per heavy atom. The van der Waals surface area contributed by atoms with E-state index in [1.54, 1.807) is 6.07 Å². The minimum absolute atomic E-state index is 0.0718. The summed E-state index contributed by atoms with van der Waals surface area (Å²) in [5.74, 6) is 2.15. The predicted octanol–water partition coefficient (Wildman–Crippen LogP) is 0.741. The summed E-state index contributed by atoms with van der Waals surface area (Å²) >= 11 is 0. The van der Waals surface area contributed by atoms with Gasteiger partial charge < -0.3 is 14.8 Å². The third-order valence-corrected chi connectivity index (χ3v) is 2.30. The van der Waals surface area contributed by atoms with Crippen LogP contribution in [0, 0.1) is 0 Å². The van der Waals surface area contributed by atoms with E-state index >= 15 is 0 Å². The molecule has 2 rings (SSSR count). The summed E-state index contributed by atoms with van der Waals surface area (Å²) in [6.45, 7) is 2.50. The van der Waals surface area contributed by atoms with Gasteiger partial charge in [0.25, 0.3) is 0 Å². The van der Waals surface area contributed by atoms with Crippen LogP contribution in [0.4, 0.5) is 0 Å². The highest BCUT2D eigenvalue weighted by atomic mass is 16.4. The van der Waals surface area contributed by atoms with E-state index in [0.29, 0.717) is 12.3 Å². The highest BCUT2D eigenvalue weighted by molar-refractivity contribution is 5.06. The Kier molecular flexibility index (Phi) is 3.33. The second-order valence-electron chi connectivity index (χ2n) is 3.50. The van der Waals surface area contributed by atoms with E-state index < -0.39 is 0 Å². The van der Waals surface area contributed by atoms with E-state index in [9.17, 15) is 0 Å². The molecule has 0 fully saturated rings. The lowest BCUT2D eigenvalue weighted by Gasteiger charge is -2.08. The number of hydrogen-bond acceptors (Lipinski definition) is 5. The van der Waals surface area contributed by atoms with Crippen LogP contribution < -0.4 is 5.32 Å². The molecule has 6 nitrogen and oxygen atoms in total. The molecule has 0 aliphatic carbocycles. The molecule has 0 spiro atoms. The minimum Gasteiger partial charge on any atom is -0.462 e. The summed E-state index contributed by atoms with van der Waals surface area (Å²) in [5.41, 5.74) is 0. The first-order valence-corrected chi connectivity index (χ1v) is 5.06. The minimum atomic E-state index is -0.0718. The molecule has 0 saturated heterocycles. The molecule has 16 heavy (non-hydrogen) atoms. The molecule has 0 radical (unpaired) electrons. The van der Waals surface area contributed by atoms with E-state index in [1.165, 1.54) is 6.33 Å². The SMILES string of the molecule is CC(NCc1ccc(CO)o1)c1ncn[nH]1. The lowest BCUT2D eigenvalue weighted by atomic mass is 10.3. The van der Waals surface area contributed by atoms with Crippen molar-refractivity contribution in [1.82, 2.24) is 20.5 Å². The van der Waals surface area contributed by atoms with E-state index in [-0.39, 0.29) is 12.6 Å². The molecule has 0 amide bonds. The van der Waals surface area contributed by atoms with Crippen molar-refractivity contribution in [2.45, 2.75) is 26.1 Å². The van der Waals surface area contributed by atoms with Gasteiger partial charge in [-0.2, -0.15) is 5.10 Å². The zero-order valence-corrected chi connectivity index (χ0v) is 8.97. The number of aromatic nitrogens is 3. The van der Waals surface area contributed by atoms with Gasteiger partial charge >= 0.3 is 0 Å². The number of H-pyrrole nitrogens is 1. The molecule has 1 atom stereocenters. The van der Waals surface area contributed by atoms with Crippen LogP contribution >= 0.6 is 0 Å². The number of aliphatic hydroxyl groups is 1. The Labute approximate surface area is 92.7 Å². The third kappa shape index (κ3) is 2.47. The van der Waals surface area contributed by atoms with Crippen molar-refractivity contribution in [2.75, 3.05) is 0 Å². The summed E-state index contributed by atoms with van der Waals surface area (Å²) < 4.78 is 5.34. The molecule has 0 aromatic carbocycles. The van der Waals surface area contributed by atoms with Gasteiger partial charge in [-0.3, -0.25) is 5.10 Å². The third-order valence-electron chi connectivity index (χ3n) is 2.30. The second-order valence-corrected chi connectivity index (χ2v) is 3.50. The maximum atomic E-state index is 8.84. The first kappa shape index (κ1) is 10.8. The summed E-state index contributed by atoms with van der Waals surface area (Å²) in [6.07, 6.45) is 1.48. The molecule has 6 heteroatoms. The predicted molar refractivity (Wildman–Crippen MR) is 56.3 cm³/mol. The number of aromatic amines is 1. The second kappa shape index (κ2) is 4.91. The number of furan rings is 1. The quantitative estimate of drug-likeness (QED) is 0.694. The smallest absolute Gasteiger partial charge is 0.141 e. The topological polar surface area (TPSA) is 87.0 Å². The fourth-order valence-electron chi connectivity index (χ4n) is 1.38. The number of aliphatic hydroxyl groups excluding tert-OH is 1. The first-order valence-electron chi connectivity index (χ1n) is 5.06. The van der Waals surface area contributed by atoms with Gasteiger partial charge in [0.2, 0.25) is 0 Å². The summed E-state index contributed by atoms with van der Waals surface area (Å²) in [4.78, 5) is 4.05. The Bertz CT molecular complexity index is 424. The number of hydrogen-bond donors (Lipinski definition) is 3. The van der Waals surface area contributed by atoms with Crippen molar-refractivity contribution in [1.29, 1.82) is 0 Å². The van der Waals surface area contributed by atoms with Gasteiger partial charge in [-0.25, -0.2) is 4.98 Å². The Balaban J connectivity index is 1.87. The van der Waals surface area contributed by atoms with Crippen molar-refractivity contribution < 1.29 is 9.52 Å². The standard InChI is InChI=1S/C10H14N4O2/c1-7(10-12-6-13-14-10)11-4-8-2-3-9(5-15)16-8/h2-3,6-7,11,15H,4-5H2,1H3,(H,12,13,14). The molecule has 0 saturated carbocycles. The Hall–Kier alpha value is -1.66. The van der Waals surface area contributed by atoms with Gasteiger partial charge in [0, 0.05) is 0 Å². The molecule has 0 bridgehead atoms. The van der Waals surface area contributed by atoms with Gasteiger partial charge in [0.05, 0.1) is 12.6 Å². The van der Waals surface area contributed by atoms with Gasteiger partial charge in [-0.05, 0) is 19.1 Å². The molecule has 3 N–H and O–H groups in total. The molecular formula is C10H14N4O2. The van der Waals surface area contributed by atoms with Gasteiger partial charge in [0.15, 0.2) is 0 Å². The van der Waals surface area contributed by atoms with Crippen molar-refractivity contribution in [3.8, 4) is 0 Å². The van der Waals surface area contributed by atoms with Gasteiger partial charge in [-0.1, -0.05) is 0 Å². The number of nitrogens with one attached hydrogen (secondary N) is 2. The molecule has 2 aromatic rings. The van der Waals surface area contributed by atoms with Crippen LogP contribution in [0.15, 0.2) is 22.9 Å². The van der Waals surface area contributed by atoms with Crippen molar-refractivity contribution in [3.63, 3.8) is 0 Å². The first-order chi connectivity index (χ1) is 7.79.